The molecular weight excluding hydrogens is 322 g/mol. The molecule has 25 heavy (non-hydrogen) atoms. The molecule has 0 aliphatic carbocycles. The second-order valence-corrected chi connectivity index (χ2v) is 7.29. The van der Waals surface area contributed by atoms with Crippen LogP contribution in [-0.2, 0) is 14.4 Å². The van der Waals surface area contributed by atoms with E-state index in [9.17, 15) is 19.6 Å². The second kappa shape index (κ2) is 11.1. The molecule has 1 heterocycles. The molecule has 2 atom stereocenters. The lowest BCUT2D eigenvalue weighted by atomic mass is 9.98. The number of nitrogens with zero attached hydrogens (tertiary/aromatic N) is 2. The van der Waals surface area contributed by atoms with E-state index in [4.69, 9.17) is 0 Å². The molecule has 0 spiro atoms. The van der Waals surface area contributed by atoms with E-state index >= 15 is 0 Å². The Morgan fingerprint density at radius 3 is 2.44 bits per heavy atom. The molecule has 1 fully saturated rings. The summed E-state index contributed by atoms with van der Waals surface area (Å²) in [7, 11) is 0. The molecule has 0 aromatic rings. The van der Waals surface area contributed by atoms with Gasteiger partial charge >= 0.3 is 0 Å². The van der Waals surface area contributed by atoms with E-state index in [0.717, 1.165) is 38.8 Å². The molecule has 7 nitrogen and oxygen atoms in total. The Hall–Kier alpha value is -1.63. The van der Waals surface area contributed by atoms with Crippen molar-refractivity contribution in [2.75, 3.05) is 19.6 Å². The van der Waals surface area contributed by atoms with Gasteiger partial charge in [-0.15, -0.1) is 0 Å². The van der Waals surface area contributed by atoms with E-state index in [0.29, 0.717) is 24.3 Å². The number of unbranched alkanes of at least 4 members (excludes halogenated alkanes) is 1. The van der Waals surface area contributed by atoms with Crippen LogP contribution in [0, 0.1) is 11.8 Å². The first kappa shape index (κ1) is 21.4. The van der Waals surface area contributed by atoms with Crippen LogP contribution in [0.1, 0.15) is 59.3 Å². The van der Waals surface area contributed by atoms with Gasteiger partial charge in [0.15, 0.2) is 0 Å². The van der Waals surface area contributed by atoms with Gasteiger partial charge in [0.05, 0.1) is 12.5 Å². The lowest BCUT2D eigenvalue weighted by Crippen LogP contribution is -2.51. The predicted octanol–water partition coefficient (Wildman–Crippen LogP) is 1.79. The van der Waals surface area contributed by atoms with Gasteiger partial charge in [-0.2, -0.15) is 0 Å². The number of carbonyl (C=O) groups excluding carboxylic acids is 3. The second-order valence-electron chi connectivity index (χ2n) is 7.29. The predicted molar refractivity (Wildman–Crippen MR) is 94.8 cm³/mol. The summed E-state index contributed by atoms with van der Waals surface area (Å²) >= 11 is 0. The molecule has 0 radical (unpaired) electrons. The lowest BCUT2D eigenvalue weighted by Gasteiger charge is -2.27. The number of rotatable bonds is 11. The van der Waals surface area contributed by atoms with Crippen LogP contribution in [0.15, 0.2) is 0 Å². The summed E-state index contributed by atoms with van der Waals surface area (Å²) in [6.07, 6.45) is 5.20. The summed E-state index contributed by atoms with van der Waals surface area (Å²) < 4.78 is 0. The first-order valence-electron chi connectivity index (χ1n) is 9.39. The SMILES string of the molecule is CCCCC(CN(O)C=O)C(=O)NC(CC(C)C)C(=O)N1CCCC1. The Balaban J connectivity index is 2.77. The van der Waals surface area contributed by atoms with Gasteiger partial charge in [0.2, 0.25) is 18.2 Å². The van der Waals surface area contributed by atoms with Crippen molar-refractivity contribution in [3.63, 3.8) is 0 Å². The Labute approximate surface area is 150 Å². The number of nitrogens with one attached hydrogen (secondary N) is 1. The van der Waals surface area contributed by atoms with Gasteiger partial charge in [0.25, 0.3) is 0 Å². The molecule has 0 aromatic carbocycles. The smallest absolute Gasteiger partial charge is 0.245 e. The van der Waals surface area contributed by atoms with Crippen LogP contribution >= 0.6 is 0 Å². The van der Waals surface area contributed by atoms with E-state index in [1.165, 1.54) is 0 Å². The fourth-order valence-electron chi connectivity index (χ4n) is 3.17. The number of hydrogen-bond acceptors (Lipinski definition) is 4. The molecule has 0 aromatic heterocycles. The topological polar surface area (TPSA) is 90.0 Å². The van der Waals surface area contributed by atoms with Gasteiger partial charge in [-0.05, 0) is 31.6 Å². The normalized spacial score (nSPS) is 16.6. The molecule has 1 aliphatic rings. The highest BCUT2D eigenvalue weighted by Crippen LogP contribution is 2.16. The molecule has 144 valence electrons. The molecule has 2 N–H and O–H groups in total. The standard InChI is InChI=1S/C18H33N3O4/c1-4-5-8-15(12-21(25)13-22)17(23)19-16(11-14(2)3)18(24)20-9-6-7-10-20/h13-16,25H,4-12H2,1-3H3,(H,19,23). The molecule has 2 unspecified atom stereocenters. The Bertz CT molecular complexity index is 436. The number of hydroxylamine groups is 2. The van der Waals surface area contributed by atoms with Gasteiger partial charge in [-0.3, -0.25) is 19.6 Å². The van der Waals surface area contributed by atoms with Crippen molar-refractivity contribution in [2.45, 2.75) is 65.3 Å². The molecule has 0 bridgehead atoms. The monoisotopic (exact) mass is 355 g/mol. The van der Waals surface area contributed by atoms with Crippen LogP contribution in [0.5, 0.6) is 0 Å². The quantitative estimate of drug-likeness (QED) is 0.336. The van der Waals surface area contributed by atoms with Crippen LogP contribution in [0.4, 0.5) is 0 Å². The highest BCUT2D eigenvalue weighted by Gasteiger charge is 2.30. The van der Waals surface area contributed by atoms with Crippen molar-refractivity contribution in [1.29, 1.82) is 0 Å². The maximum atomic E-state index is 12.7. The zero-order valence-electron chi connectivity index (χ0n) is 15.7. The minimum absolute atomic E-state index is 0.0231. The minimum atomic E-state index is -0.543. The molecule has 7 heteroatoms. The van der Waals surface area contributed by atoms with Crippen molar-refractivity contribution in [3.8, 4) is 0 Å². The Morgan fingerprint density at radius 1 is 1.28 bits per heavy atom. The first-order valence-corrected chi connectivity index (χ1v) is 9.39. The van der Waals surface area contributed by atoms with E-state index in [2.05, 4.69) is 5.32 Å². The average Bonchev–Trinajstić information content (AvgIpc) is 3.10. The largest absolute Gasteiger partial charge is 0.344 e. The van der Waals surface area contributed by atoms with Crippen molar-refractivity contribution in [2.24, 2.45) is 11.8 Å². The van der Waals surface area contributed by atoms with E-state index < -0.39 is 12.0 Å². The van der Waals surface area contributed by atoms with Gasteiger partial charge in [0, 0.05) is 13.1 Å². The number of amides is 3. The van der Waals surface area contributed by atoms with Gasteiger partial charge in [-0.1, -0.05) is 33.6 Å². The van der Waals surface area contributed by atoms with Crippen LogP contribution in [-0.4, -0.2) is 59.1 Å². The molecular formula is C18H33N3O4. The van der Waals surface area contributed by atoms with E-state index in [1.54, 1.807) is 0 Å². The van der Waals surface area contributed by atoms with E-state index in [-0.39, 0.29) is 24.3 Å². The van der Waals surface area contributed by atoms with Gasteiger partial charge < -0.3 is 10.2 Å². The first-order chi connectivity index (χ1) is 11.9. The summed E-state index contributed by atoms with van der Waals surface area (Å²) in [5, 5.41) is 12.8. The maximum absolute atomic E-state index is 12.7. The highest BCUT2D eigenvalue weighted by molar-refractivity contribution is 5.88. The van der Waals surface area contributed by atoms with Crippen LogP contribution in [0.3, 0.4) is 0 Å². The fourth-order valence-corrected chi connectivity index (χ4v) is 3.17. The maximum Gasteiger partial charge on any atom is 0.245 e. The number of hydrogen-bond donors (Lipinski definition) is 2. The molecule has 0 saturated carbocycles. The summed E-state index contributed by atoms with van der Waals surface area (Å²) in [6.45, 7) is 7.50. The molecule has 1 rings (SSSR count). The van der Waals surface area contributed by atoms with Crippen molar-refractivity contribution >= 4 is 18.2 Å². The molecule has 3 amide bonds. The third-order valence-corrected chi connectivity index (χ3v) is 4.55. The third kappa shape index (κ3) is 7.42. The fraction of sp³-hybridized carbons (Fsp3) is 0.833. The van der Waals surface area contributed by atoms with E-state index in [1.807, 2.05) is 25.7 Å². The summed E-state index contributed by atoms with van der Waals surface area (Å²) in [6, 6.07) is -0.543. The van der Waals surface area contributed by atoms with Crippen LogP contribution in [0.25, 0.3) is 0 Å². The van der Waals surface area contributed by atoms with Crippen molar-refractivity contribution in [1.82, 2.24) is 15.3 Å². The Kier molecular flexibility index (Phi) is 9.49. The van der Waals surface area contributed by atoms with Gasteiger partial charge in [-0.25, -0.2) is 5.06 Å². The molecule has 1 saturated heterocycles. The minimum Gasteiger partial charge on any atom is -0.344 e. The third-order valence-electron chi connectivity index (χ3n) is 4.55. The molecule has 1 aliphatic heterocycles. The lowest BCUT2D eigenvalue weighted by molar-refractivity contribution is -0.155. The zero-order chi connectivity index (χ0) is 18.8. The van der Waals surface area contributed by atoms with Crippen LogP contribution in [0.2, 0.25) is 0 Å². The summed E-state index contributed by atoms with van der Waals surface area (Å²) in [5.41, 5.74) is 0. The summed E-state index contributed by atoms with van der Waals surface area (Å²) in [4.78, 5) is 37.9. The zero-order valence-corrected chi connectivity index (χ0v) is 15.7. The highest BCUT2D eigenvalue weighted by atomic mass is 16.5. The van der Waals surface area contributed by atoms with Crippen LogP contribution < -0.4 is 5.32 Å². The summed E-state index contributed by atoms with van der Waals surface area (Å²) in [5.74, 6) is -0.538. The number of likely N-dealkylation sites (tertiary alicyclic amines) is 1. The van der Waals surface area contributed by atoms with Crippen molar-refractivity contribution < 1.29 is 19.6 Å². The van der Waals surface area contributed by atoms with Crippen molar-refractivity contribution in [3.05, 3.63) is 0 Å². The number of carbonyl (C=O) groups is 3. The average molecular weight is 355 g/mol. The van der Waals surface area contributed by atoms with Gasteiger partial charge in [0.1, 0.15) is 6.04 Å². The Morgan fingerprint density at radius 2 is 1.92 bits per heavy atom.